The molecule has 2 aromatic carbocycles. The van der Waals surface area contributed by atoms with Crippen LogP contribution < -0.4 is 14.2 Å². The van der Waals surface area contributed by atoms with Crippen LogP contribution in [0.1, 0.15) is 17.5 Å². The average Bonchev–Trinajstić information content (AvgIpc) is 3.20. The Morgan fingerprint density at radius 3 is 2.24 bits per heavy atom. The molecule has 0 fully saturated rings. The van der Waals surface area contributed by atoms with Crippen LogP contribution in [0.2, 0.25) is 0 Å². The molecule has 25 heavy (non-hydrogen) atoms. The highest BCUT2D eigenvalue weighted by molar-refractivity contribution is 5.92. The molecule has 0 heterocycles. The topological polar surface area (TPSA) is 27.7 Å². The first kappa shape index (κ1) is 16.9. The van der Waals surface area contributed by atoms with Gasteiger partial charge < -0.3 is 14.2 Å². The molecule has 0 aliphatic heterocycles. The smallest absolute Gasteiger partial charge is 0.161 e. The first-order valence-corrected chi connectivity index (χ1v) is 8.19. The van der Waals surface area contributed by atoms with E-state index < -0.39 is 0 Å². The second-order valence-corrected chi connectivity index (χ2v) is 5.73. The van der Waals surface area contributed by atoms with Crippen LogP contribution >= 0.6 is 0 Å². The molecule has 128 valence electrons. The number of rotatable bonds is 6. The highest BCUT2D eigenvalue weighted by atomic mass is 16.5. The minimum absolute atomic E-state index is 0.726. The first-order valence-electron chi connectivity index (χ1n) is 8.19. The molecule has 0 saturated carbocycles. The van der Waals surface area contributed by atoms with Crippen molar-refractivity contribution >= 4 is 11.6 Å². The largest absolute Gasteiger partial charge is 0.497 e. The van der Waals surface area contributed by atoms with E-state index in [2.05, 4.69) is 36.4 Å². The Bertz CT molecular complexity index is 827. The summed E-state index contributed by atoms with van der Waals surface area (Å²) in [4.78, 5) is 0. The Balaban J connectivity index is 2.03. The molecule has 0 N–H and O–H groups in total. The molecule has 1 aliphatic rings. The molecule has 2 aromatic rings. The maximum Gasteiger partial charge on any atom is 0.161 e. The zero-order chi connectivity index (χ0) is 17.6. The van der Waals surface area contributed by atoms with Gasteiger partial charge in [0.25, 0.3) is 0 Å². The predicted molar refractivity (Wildman–Crippen MR) is 102 cm³/mol. The first-order chi connectivity index (χ1) is 12.2. The Morgan fingerprint density at radius 2 is 1.64 bits per heavy atom. The second kappa shape index (κ2) is 7.75. The van der Waals surface area contributed by atoms with Crippen LogP contribution in [0.15, 0.2) is 66.3 Å². The minimum Gasteiger partial charge on any atom is -0.497 e. The molecule has 0 spiro atoms. The van der Waals surface area contributed by atoms with Gasteiger partial charge in [-0.1, -0.05) is 36.4 Å². The zero-order valence-electron chi connectivity index (χ0n) is 14.8. The molecular weight excluding hydrogens is 312 g/mol. The van der Waals surface area contributed by atoms with Crippen LogP contribution in [0, 0.1) is 0 Å². The average molecular weight is 334 g/mol. The van der Waals surface area contributed by atoms with E-state index >= 15 is 0 Å². The number of hydrogen-bond donors (Lipinski definition) is 0. The van der Waals surface area contributed by atoms with Crippen LogP contribution in [0.5, 0.6) is 17.2 Å². The summed E-state index contributed by atoms with van der Waals surface area (Å²) in [5, 5.41) is 0. The van der Waals surface area contributed by atoms with Crippen molar-refractivity contribution in [3.63, 3.8) is 0 Å². The normalized spacial score (nSPS) is 13.6. The van der Waals surface area contributed by atoms with E-state index in [1.54, 1.807) is 21.3 Å². The van der Waals surface area contributed by atoms with Gasteiger partial charge in [0.1, 0.15) is 5.75 Å². The van der Waals surface area contributed by atoms with Crippen molar-refractivity contribution in [1.29, 1.82) is 0 Å². The van der Waals surface area contributed by atoms with Gasteiger partial charge in [0.15, 0.2) is 11.5 Å². The molecule has 0 unspecified atom stereocenters. The van der Waals surface area contributed by atoms with Crippen LogP contribution in [0.25, 0.3) is 11.6 Å². The number of ether oxygens (including phenoxy) is 3. The fourth-order valence-corrected chi connectivity index (χ4v) is 2.89. The van der Waals surface area contributed by atoms with Crippen molar-refractivity contribution in [2.24, 2.45) is 0 Å². The van der Waals surface area contributed by atoms with Crippen LogP contribution in [-0.4, -0.2) is 21.3 Å². The van der Waals surface area contributed by atoms with Crippen molar-refractivity contribution in [2.45, 2.75) is 6.42 Å². The third-order valence-electron chi connectivity index (χ3n) is 4.24. The lowest BCUT2D eigenvalue weighted by Gasteiger charge is -2.12. The van der Waals surface area contributed by atoms with Gasteiger partial charge in [0.2, 0.25) is 0 Å². The summed E-state index contributed by atoms with van der Waals surface area (Å²) < 4.78 is 16.0. The Labute approximate surface area is 148 Å². The highest BCUT2D eigenvalue weighted by Gasteiger charge is 2.11. The number of benzene rings is 2. The summed E-state index contributed by atoms with van der Waals surface area (Å²) in [7, 11) is 4.98. The molecular formula is C22H22O3. The Morgan fingerprint density at radius 1 is 0.880 bits per heavy atom. The van der Waals surface area contributed by atoms with Crippen LogP contribution in [-0.2, 0) is 0 Å². The summed E-state index contributed by atoms with van der Waals surface area (Å²) in [6, 6.07) is 14.1. The molecule has 0 radical (unpaired) electrons. The summed E-state index contributed by atoms with van der Waals surface area (Å²) in [6.07, 6.45) is 9.55. The second-order valence-electron chi connectivity index (χ2n) is 5.73. The van der Waals surface area contributed by atoms with Crippen molar-refractivity contribution < 1.29 is 14.2 Å². The fraction of sp³-hybridized carbons (Fsp3) is 0.182. The number of methoxy groups -OCH3 is 3. The van der Waals surface area contributed by atoms with E-state index in [-0.39, 0.29) is 0 Å². The fourth-order valence-electron chi connectivity index (χ4n) is 2.89. The van der Waals surface area contributed by atoms with Gasteiger partial charge in [-0.3, -0.25) is 0 Å². The maximum atomic E-state index is 5.42. The van der Waals surface area contributed by atoms with Gasteiger partial charge in [-0.2, -0.15) is 0 Å². The third-order valence-corrected chi connectivity index (χ3v) is 4.24. The van der Waals surface area contributed by atoms with Gasteiger partial charge in [0, 0.05) is 0 Å². The van der Waals surface area contributed by atoms with E-state index in [4.69, 9.17) is 14.2 Å². The van der Waals surface area contributed by atoms with Crippen molar-refractivity contribution in [3.05, 3.63) is 77.4 Å². The minimum atomic E-state index is 0.726. The SMILES string of the molecule is COc1ccc(/C(=C/c2ccc(OC)c(OC)c2)C2=CC=CC2)cc1. The molecule has 3 nitrogen and oxygen atoms in total. The lowest BCUT2D eigenvalue weighted by atomic mass is 9.94. The Hall–Kier alpha value is -2.94. The van der Waals surface area contributed by atoms with Gasteiger partial charge in [-0.15, -0.1) is 0 Å². The molecule has 3 heteroatoms. The zero-order valence-corrected chi connectivity index (χ0v) is 14.8. The number of allylic oxidation sites excluding steroid dienone is 5. The standard InChI is InChI=1S/C22H22O3/c1-23-19-11-9-18(10-12-19)20(17-6-4-5-7-17)14-16-8-13-21(24-2)22(15-16)25-3/h4-6,8-15H,7H2,1-3H3/b20-14+. The van der Waals surface area contributed by atoms with Gasteiger partial charge in [-0.25, -0.2) is 0 Å². The summed E-state index contributed by atoms with van der Waals surface area (Å²) in [5.74, 6) is 2.31. The molecule has 3 rings (SSSR count). The molecule has 0 aromatic heterocycles. The molecule has 0 atom stereocenters. The molecule has 0 amide bonds. The summed E-state index contributed by atoms with van der Waals surface area (Å²) >= 11 is 0. The van der Waals surface area contributed by atoms with Crippen molar-refractivity contribution in [2.75, 3.05) is 21.3 Å². The van der Waals surface area contributed by atoms with Crippen LogP contribution in [0.4, 0.5) is 0 Å². The van der Waals surface area contributed by atoms with Gasteiger partial charge in [0.05, 0.1) is 21.3 Å². The summed E-state index contributed by atoms with van der Waals surface area (Å²) in [5.41, 5.74) is 4.71. The van der Waals surface area contributed by atoms with Gasteiger partial charge in [-0.05, 0) is 59.0 Å². The molecule has 0 saturated heterocycles. The Kier molecular flexibility index (Phi) is 5.24. The summed E-state index contributed by atoms with van der Waals surface area (Å²) in [6.45, 7) is 0. The molecule has 0 bridgehead atoms. The van der Waals surface area contributed by atoms with Gasteiger partial charge >= 0.3 is 0 Å². The number of hydrogen-bond acceptors (Lipinski definition) is 3. The lowest BCUT2D eigenvalue weighted by molar-refractivity contribution is 0.355. The quantitative estimate of drug-likeness (QED) is 0.685. The predicted octanol–water partition coefficient (Wildman–Crippen LogP) is 5.14. The maximum absolute atomic E-state index is 5.42. The van der Waals surface area contributed by atoms with Crippen molar-refractivity contribution in [1.82, 2.24) is 0 Å². The third kappa shape index (κ3) is 3.77. The van der Waals surface area contributed by atoms with Crippen molar-refractivity contribution in [3.8, 4) is 17.2 Å². The van der Waals surface area contributed by atoms with Crippen LogP contribution in [0.3, 0.4) is 0 Å². The van der Waals surface area contributed by atoms with E-state index in [9.17, 15) is 0 Å². The monoisotopic (exact) mass is 334 g/mol. The van der Waals surface area contributed by atoms with E-state index in [0.29, 0.717) is 0 Å². The van der Waals surface area contributed by atoms with E-state index in [0.717, 1.165) is 34.8 Å². The van der Waals surface area contributed by atoms with E-state index in [1.807, 2.05) is 30.3 Å². The van der Waals surface area contributed by atoms with E-state index in [1.165, 1.54) is 11.1 Å². The molecule has 1 aliphatic carbocycles. The highest BCUT2D eigenvalue weighted by Crippen LogP contribution is 2.34. The lowest BCUT2D eigenvalue weighted by Crippen LogP contribution is -1.92.